The van der Waals surface area contributed by atoms with E-state index in [1.54, 1.807) is 36.4 Å². The molecule has 1 aliphatic heterocycles. The lowest BCUT2D eigenvalue weighted by Crippen LogP contribution is -2.34. The number of aliphatic hydroxyl groups excluding tert-OH is 1. The monoisotopic (exact) mass is 780 g/mol. The second-order valence-electron chi connectivity index (χ2n) is 10.4. The number of phosphoric acid groups is 2. The Morgan fingerprint density at radius 2 is 1.74 bits per heavy atom. The van der Waals surface area contributed by atoms with Crippen LogP contribution in [0.15, 0.2) is 67.0 Å². The summed E-state index contributed by atoms with van der Waals surface area (Å²) in [6.07, 6.45) is -6.30. The van der Waals surface area contributed by atoms with Gasteiger partial charge >= 0.3 is 29.4 Å². The van der Waals surface area contributed by atoms with Crippen LogP contribution >= 0.6 is 35.0 Å². The third-order valence-corrected chi connectivity index (χ3v) is 11.8. The van der Waals surface area contributed by atoms with Gasteiger partial charge in [0, 0.05) is 0 Å². The molecule has 2 aromatic heterocycles. The Morgan fingerprint density at radius 1 is 1.08 bits per heavy atom. The van der Waals surface area contributed by atoms with E-state index in [1.165, 1.54) is 31.2 Å². The van der Waals surface area contributed by atoms with Gasteiger partial charge < -0.3 is 34.6 Å². The smallest absolute Gasteiger partial charge is 0.460 e. The number of nitrogens with two attached hydrogens (primary N) is 1. The second-order valence-corrected chi connectivity index (χ2v) is 15.7. The minimum absolute atomic E-state index is 0.0482. The Bertz CT molecular complexity index is 1970. The number of phosphoric ester groups is 1. The predicted octanol–water partition coefficient (Wildman–Crippen LogP) is 3.82. The van der Waals surface area contributed by atoms with Crippen LogP contribution in [-0.2, 0) is 47.7 Å². The molecule has 8 atom stereocenters. The standard InChI is InChI=1S/C26H29ClFN6O13P3/c1-15(25(36)42-12-16-8-4-2-5-9-16)33-48(37,45-17-10-6-3-7-11-17)46-50(40,41)47-49(38,39)43-13-18-21(35)19(28)24(44-18)34-14-30-20-22(29)31-26(27)32-23(20)34/h2-11,14-15,18-19,21,24,35H,12-13H2,1H3,(H,33,37)(H,38,39)(H,40,41)(H2,29,31,32)/t15-,18+,19?,21-,24+,48?/m0/s1. The van der Waals surface area contributed by atoms with Crippen molar-refractivity contribution in [1.29, 1.82) is 0 Å². The van der Waals surface area contributed by atoms with Gasteiger partial charge in [-0.05, 0) is 36.2 Å². The number of nitrogens with zero attached hydrogens (tertiary/aromatic N) is 4. The Hall–Kier alpha value is -3.35. The number of hydrogen-bond donors (Lipinski definition) is 5. The first-order valence-corrected chi connectivity index (χ1v) is 19.1. The molecule has 5 rings (SSSR count). The van der Waals surface area contributed by atoms with E-state index in [1.807, 2.05) is 0 Å². The molecule has 1 aliphatic rings. The minimum atomic E-state index is -5.87. The third-order valence-electron chi connectivity index (χ3n) is 6.71. The van der Waals surface area contributed by atoms with Crippen LogP contribution in [0.1, 0.15) is 18.7 Å². The maximum Gasteiger partial charge on any atom is 0.490 e. The number of anilines is 1. The molecule has 50 heavy (non-hydrogen) atoms. The van der Waals surface area contributed by atoms with Crippen molar-refractivity contribution in [3.63, 3.8) is 0 Å². The van der Waals surface area contributed by atoms with Crippen molar-refractivity contribution >= 4 is 57.9 Å². The van der Waals surface area contributed by atoms with Crippen molar-refractivity contribution in [2.75, 3.05) is 12.3 Å². The Kier molecular flexibility index (Phi) is 11.7. The molecule has 0 bridgehead atoms. The highest BCUT2D eigenvalue weighted by Gasteiger charge is 2.49. The van der Waals surface area contributed by atoms with Crippen molar-refractivity contribution in [3.8, 4) is 5.75 Å². The van der Waals surface area contributed by atoms with Crippen molar-refractivity contribution in [1.82, 2.24) is 24.6 Å². The summed E-state index contributed by atoms with van der Waals surface area (Å²) in [6, 6.07) is 14.1. The van der Waals surface area contributed by atoms with Gasteiger partial charge in [0.1, 0.15) is 36.1 Å². The highest BCUT2D eigenvalue weighted by Crippen LogP contribution is 2.67. The van der Waals surface area contributed by atoms with Crippen LogP contribution in [0.2, 0.25) is 5.28 Å². The normalized spacial score (nSPS) is 23.4. The van der Waals surface area contributed by atoms with Gasteiger partial charge in [0.2, 0.25) is 5.28 Å². The Balaban J connectivity index is 1.24. The lowest BCUT2D eigenvalue weighted by molar-refractivity contribution is -0.146. The Morgan fingerprint density at radius 3 is 2.42 bits per heavy atom. The predicted molar refractivity (Wildman–Crippen MR) is 171 cm³/mol. The van der Waals surface area contributed by atoms with Gasteiger partial charge in [0.05, 0.1) is 12.9 Å². The molecule has 0 saturated carbocycles. The van der Waals surface area contributed by atoms with Gasteiger partial charge in [-0.15, -0.1) is 0 Å². The highest BCUT2D eigenvalue weighted by molar-refractivity contribution is 7.68. The van der Waals surface area contributed by atoms with E-state index in [9.17, 15) is 33.4 Å². The fraction of sp³-hybridized carbons (Fsp3) is 0.308. The second kappa shape index (κ2) is 15.5. The first-order chi connectivity index (χ1) is 23.5. The van der Waals surface area contributed by atoms with Crippen LogP contribution in [0.5, 0.6) is 5.75 Å². The number of halogens is 2. The summed E-state index contributed by atoms with van der Waals surface area (Å²) in [6.45, 7) is -0.0536. The number of nitrogens with one attached hydrogen (secondary N) is 1. The zero-order valence-corrected chi connectivity index (χ0v) is 29.0. The van der Waals surface area contributed by atoms with Gasteiger partial charge in [0.25, 0.3) is 0 Å². The number of imidazole rings is 1. The number of carbonyl (C=O) groups excluding carboxylic acids is 1. The molecular formula is C26H29ClFN6O13P3. The summed E-state index contributed by atoms with van der Waals surface area (Å²) in [5.41, 5.74) is 6.39. The summed E-state index contributed by atoms with van der Waals surface area (Å²) in [4.78, 5) is 44.9. The largest absolute Gasteiger partial charge is 0.490 e. The van der Waals surface area contributed by atoms with Gasteiger partial charge in [-0.25, -0.2) is 23.1 Å². The minimum Gasteiger partial charge on any atom is -0.460 e. The maximum absolute atomic E-state index is 15.1. The van der Waals surface area contributed by atoms with Crippen LogP contribution in [-0.4, -0.2) is 71.4 Å². The number of ether oxygens (including phenoxy) is 2. The van der Waals surface area contributed by atoms with Crippen LogP contribution in [0, 0.1) is 0 Å². The Labute approximate surface area is 287 Å². The maximum atomic E-state index is 15.1. The average molecular weight is 781 g/mol. The number of hydrogen-bond acceptors (Lipinski definition) is 15. The van der Waals surface area contributed by atoms with Crippen LogP contribution < -0.4 is 15.3 Å². The number of nitrogen functional groups attached to an aromatic ring is 1. The molecule has 19 nitrogen and oxygen atoms in total. The molecule has 0 amide bonds. The molecule has 2 aromatic carbocycles. The number of carbonyl (C=O) groups is 1. The van der Waals surface area contributed by atoms with E-state index < -0.39 is 66.6 Å². The first-order valence-electron chi connectivity index (χ1n) is 14.2. The van der Waals surface area contributed by atoms with E-state index in [4.69, 9.17) is 40.2 Å². The van der Waals surface area contributed by atoms with E-state index in [0.717, 1.165) is 10.9 Å². The summed E-state index contributed by atoms with van der Waals surface area (Å²) in [7, 11) is -16.6. The SMILES string of the molecule is C[C@H](NP(=O)(Oc1ccccc1)OP(=O)(O)OP(=O)(O)OC[C@H]1O[C@@H](n2cnc3c(N)nc(Cl)nc32)C(F)[C@H]1O)C(=O)OCc1ccccc1. The fourth-order valence-corrected chi connectivity index (χ4v) is 9.03. The van der Waals surface area contributed by atoms with E-state index in [2.05, 4.69) is 24.3 Å². The first kappa shape index (κ1) is 37.9. The van der Waals surface area contributed by atoms with Crippen LogP contribution in [0.4, 0.5) is 10.2 Å². The van der Waals surface area contributed by atoms with Crippen molar-refractivity contribution in [2.24, 2.45) is 0 Å². The summed E-state index contributed by atoms with van der Waals surface area (Å²) in [5, 5.41) is 12.3. The molecule has 270 valence electrons. The number of para-hydroxylation sites is 1. The molecule has 0 aliphatic carbocycles. The van der Waals surface area contributed by atoms with E-state index in [-0.39, 0.29) is 34.6 Å². The molecule has 24 heteroatoms. The molecule has 4 unspecified atom stereocenters. The number of alkyl halides is 1. The molecule has 6 N–H and O–H groups in total. The molecular weight excluding hydrogens is 752 g/mol. The van der Waals surface area contributed by atoms with Crippen LogP contribution in [0.25, 0.3) is 11.2 Å². The lowest BCUT2D eigenvalue weighted by atomic mass is 10.1. The summed E-state index contributed by atoms with van der Waals surface area (Å²) >= 11 is 5.84. The fourth-order valence-electron chi connectivity index (χ4n) is 4.46. The molecule has 0 spiro atoms. The van der Waals surface area contributed by atoms with Crippen molar-refractivity contribution in [3.05, 3.63) is 77.8 Å². The zero-order chi connectivity index (χ0) is 36.3. The quantitative estimate of drug-likeness (QED) is 0.0652. The van der Waals surface area contributed by atoms with Gasteiger partial charge in [-0.1, -0.05) is 48.5 Å². The number of aliphatic hydroxyl groups is 1. The van der Waals surface area contributed by atoms with Gasteiger partial charge in [-0.3, -0.25) is 13.9 Å². The van der Waals surface area contributed by atoms with E-state index in [0.29, 0.717) is 5.56 Å². The topological polar surface area (TPSA) is 266 Å². The number of esters is 1. The summed E-state index contributed by atoms with van der Waals surface area (Å²) in [5.74, 6) is -1.25. The molecule has 0 radical (unpaired) electrons. The number of benzene rings is 2. The van der Waals surface area contributed by atoms with Crippen LogP contribution in [0.3, 0.4) is 0 Å². The molecule has 3 heterocycles. The highest BCUT2D eigenvalue weighted by atomic mass is 35.5. The molecule has 1 saturated heterocycles. The molecule has 4 aromatic rings. The number of fused-ring (bicyclic) bond motifs is 1. The van der Waals surface area contributed by atoms with E-state index >= 15 is 4.39 Å². The van der Waals surface area contributed by atoms with Crippen molar-refractivity contribution in [2.45, 2.75) is 44.2 Å². The summed E-state index contributed by atoms with van der Waals surface area (Å²) < 4.78 is 85.1. The number of aromatic nitrogens is 4. The zero-order valence-electron chi connectivity index (χ0n) is 25.5. The molecule has 1 fully saturated rings. The number of rotatable bonds is 15. The average Bonchev–Trinajstić information content (AvgIpc) is 3.58. The van der Waals surface area contributed by atoms with Gasteiger partial charge in [0.15, 0.2) is 23.9 Å². The van der Waals surface area contributed by atoms with Crippen molar-refractivity contribution < 1.29 is 64.9 Å². The third kappa shape index (κ3) is 9.50. The van der Waals surface area contributed by atoms with Gasteiger partial charge in [-0.2, -0.15) is 23.7 Å². The lowest BCUT2D eigenvalue weighted by Gasteiger charge is -2.25.